The van der Waals surface area contributed by atoms with Crippen LogP contribution in [0.4, 0.5) is 0 Å². The molecule has 0 radical (unpaired) electrons. The number of esters is 1. The van der Waals surface area contributed by atoms with Crippen molar-refractivity contribution >= 4 is 17.8 Å². The largest absolute Gasteiger partial charge is 0.488 e. The molecule has 0 N–H and O–H groups in total. The van der Waals surface area contributed by atoms with Crippen molar-refractivity contribution in [2.24, 2.45) is 5.41 Å². The van der Waals surface area contributed by atoms with Crippen LogP contribution in [-0.4, -0.2) is 23.0 Å². The summed E-state index contributed by atoms with van der Waals surface area (Å²) in [6.07, 6.45) is 5.15. The molecule has 5 nitrogen and oxygen atoms in total. The van der Waals surface area contributed by atoms with E-state index in [1.807, 2.05) is 53.7 Å². The number of carbonyl (C=O) groups is 2. The minimum Gasteiger partial charge on any atom is -0.488 e. The summed E-state index contributed by atoms with van der Waals surface area (Å²) in [4.78, 5) is 25.0. The second-order valence-electron chi connectivity index (χ2n) is 12.0. The second kappa shape index (κ2) is 11.3. The molecule has 196 valence electrons. The molecule has 0 aliphatic heterocycles. The predicted octanol–water partition coefficient (Wildman–Crippen LogP) is 7.84. The summed E-state index contributed by atoms with van der Waals surface area (Å²) in [5, 5.41) is 0. The van der Waals surface area contributed by atoms with Gasteiger partial charge < -0.3 is 14.2 Å². The molecule has 0 spiro atoms. The molecule has 0 aliphatic rings. The number of benzene rings is 2. The zero-order chi connectivity index (χ0) is 27.3. The number of hydrogen-bond acceptors (Lipinski definition) is 5. The Bertz CT molecular complexity index is 1090. The van der Waals surface area contributed by atoms with Crippen LogP contribution >= 0.6 is 0 Å². The fourth-order valence-corrected chi connectivity index (χ4v) is 3.27. The van der Waals surface area contributed by atoms with Crippen LogP contribution in [0.2, 0.25) is 0 Å². The van der Waals surface area contributed by atoms with Crippen LogP contribution in [0.5, 0.6) is 17.2 Å². The molecule has 0 fully saturated rings. The maximum Gasteiger partial charge on any atom is 0.316 e. The first-order valence-corrected chi connectivity index (χ1v) is 12.6. The first kappa shape index (κ1) is 29.2. The van der Waals surface area contributed by atoms with Crippen molar-refractivity contribution < 1.29 is 23.8 Å². The molecule has 2 rings (SSSR count). The van der Waals surface area contributed by atoms with Gasteiger partial charge in [0.1, 0.15) is 28.5 Å². The van der Waals surface area contributed by atoms with E-state index in [0.29, 0.717) is 17.1 Å². The van der Waals surface area contributed by atoms with Gasteiger partial charge in [0.25, 0.3) is 0 Å². The highest BCUT2D eigenvalue weighted by Gasteiger charge is 2.24. The number of aryl methyl sites for hydroxylation is 1. The van der Waals surface area contributed by atoms with Crippen LogP contribution in [0.3, 0.4) is 0 Å². The first-order valence-electron chi connectivity index (χ1n) is 12.6. The smallest absolute Gasteiger partial charge is 0.316 e. The van der Waals surface area contributed by atoms with Gasteiger partial charge in [-0.2, -0.15) is 0 Å². The van der Waals surface area contributed by atoms with Gasteiger partial charge in [-0.3, -0.25) is 9.59 Å². The van der Waals surface area contributed by atoms with Gasteiger partial charge in [-0.05, 0) is 117 Å². The van der Waals surface area contributed by atoms with Gasteiger partial charge in [-0.15, -0.1) is 0 Å². The lowest BCUT2D eigenvalue weighted by atomic mass is 9.97. The lowest BCUT2D eigenvalue weighted by molar-refractivity contribution is -0.143. The van der Waals surface area contributed by atoms with E-state index < -0.39 is 11.0 Å². The molecule has 2 aromatic rings. The van der Waals surface area contributed by atoms with Gasteiger partial charge >= 0.3 is 5.97 Å². The second-order valence-corrected chi connectivity index (χ2v) is 12.0. The zero-order valence-corrected chi connectivity index (χ0v) is 23.6. The normalized spacial score (nSPS) is 12.5. The summed E-state index contributed by atoms with van der Waals surface area (Å²) in [6.45, 7) is 19.5. The third-order valence-electron chi connectivity index (χ3n) is 4.92. The molecule has 0 aliphatic carbocycles. The molecule has 0 amide bonds. The summed E-state index contributed by atoms with van der Waals surface area (Å²) in [6, 6.07) is 10.6. The number of allylic oxidation sites excluding steroid dienone is 1. The highest BCUT2D eigenvalue weighted by Crippen LogP contribution is 2.35. The van der Waals surface area contributed by atoms with Gasteiger partial charge in [0.15, 0.2) is 5.78 Å². The molecule has 0 saturated carbocycles. The Balaban J connectivity index is 2.36. The van der Waals surface area contributed by atoms with Crippen molar-refractivity contribution in [1.29, 1.82) is 0 Å². The summed E-state index contributed by atoms with van der Waals surface area (Å²) in [7, 11) is 0. The molecule has 0 unspecified atom stereocenters. The highest BCUT2D eigenvalue weighted by atomic mass is 16.5. The van der Waals surface area contributed by atoms with Crippen LogP contribution in [0.15, 0.2) is 42.5 Å². The quantitative estimate of drug-likeness (QED) is 0.162. The summed E-state index contributed by atoms with van der Waals surface area (Å²) in [5.74, 6) is 1.39. The fraction of sp³-hybridized carbons (Fsp3) is 0.484. The molecule has 0 bridgehead atoms. The molecule has 0 saturated heterocycles. The third-order valence-corrected chi connectivity index (χ3v) is 4.92. The summed E-state index contributed by atoms with van der Waals surface area (Å²) in [5.41, 5.74) is 1.03. The first-order chi connectivity index (χ1) is 16.5. The third kappa shape index (κ3) is 9.18. The van der Waals surface area contributed by atoms with Crippen molar-refractivity contribution in [3.05, 3.63) is 59.2 Å². The Morgan fingerprint density at radius 2 is 1.36 bits per heavy atom. The van der Waals surface area contributed by atoms with Crippen LogP contribution in [0, 0.1) is 5.41 Å². The number of ketones is 1. The van der Waals surface area contributed by atoms with E-state index in [1.54, 1.807) is 57.2 Å². The topological polar surface area (TPSA) is 61.8 Å². The summed E-state index contributed by atoms with van der Waals surface area (Å²) >= 11 is 0. The van der Waals surface area contributed by atoms with Gasteiger partial charge in [0, 0.05) is 17.2 Å². The molecular weight excluding hydrogens is 452 g/mol. The molecule has 2 aromatic carbocycles. The predicted molar refractivity (Wildman–Crippen MR) is 146 cm³/mol. The SMILES string of the molecule is CCCc1cc(C=CC(=O)c2ccc(OC(=O)C(C)(C)C)cc2)c(OC(C)(C)C)cc1OC(C)(C)C. The molecule has 0 aromatic heterocycles. The Labute approximate surface area is 216 Å². The summed E-state index contributed by atoms with van der Waals surface area (Å²) < 4.78 is 17.9. The van der Waals surface area contributed by atoms with E-state index in [4.69, 9.17) is 14.2 Å². The molecule has 0 atom stereocenters. The van der Waals surface area contributed by atoms with Crippen molar-refractivity contribution in [2.75, 3.05) is 0 Å². The Morgan fingerprint density at radius 1 is 0.806 bits per heavy atom. The number of hydrogen-bond donors (Lipinski definition) is 0. The van der Waals surface area contributed by atoms with E-state index in [-0.39, 0.29) is 17.4 Å². The average Bonchev–Trinajstić information content (AvgIpc) is 2.72. The zero-order valence-electron chi connectivity index (χ0n) is 23.6. The van der Waals surface area contributed by atoms with E-state index in [9.17, 15) is 9.59 Å². The van der Waals surface area contributed by atoms with Crippen molar-refractivity contribution in [3.8, 4) is 17.2 Å². The highest BCUT2D eigenvalue weighted by molar-refractivity contribution is 6.07. The van der Waals surface area contributed by atoms with Gasteiger partial charge in [-0.1, -0.05) is 13.3 Å². The van der Waals surface area contributed by atoms with Crippen LogP contribution in [0.25, 0.3) is 6.08 Å². The number of carbonyl (C=O) groups excluding carboxylic acids is 2. The molecular formula is C31H42O5. The van der Waals surface area contributed by atoms with Crippen molar-refractivity contribution in [1.82, 2.24) is 0 Å². The Morgan fingerprint density at radius 3 is 1.86 bits per heavy atom. The maximum absolute atomic E-state index is 12.9. The maximum atomic E-state index is 12.9. The van der Waals surface area contributed by atoms with E-state index >= 15 is 0 Å². The van der Waals surface area contributed by atoms with Crippen LogP contribution in [0.1, 0.15) is 97.1 Å². The molecule has 36 heavy (non-hydrogen) atoms. The number of ether oxygens (including phenoxy) is 3. The lowest BCUT2D eigenvalue weighted by Crippen LogP contribution is -2.25. The Hall–Kier alpha value is -3.08. The monoisotopic (exact) mass is 494 g/mol. The van der Waals surface area contributed by atoms with Gasteiger partial charge in [0.2, 0.25) is 0 Å². The minimum atomic E-state index is -0.603. The lowest BCUT2D eigenvalue weighted by Gasteiger charge is -2.27. The van der Waals surface area contributed by atoms with Crippen LogP contribution in [-0.2, 0) is 11.2 Å². The van der Waals surface area contributed by atoms with E-state index in [1.165, 1.54) is 0 Å². The molecule has 0 heterocycles. The van der Waals surface area contributed by atoms with Gasteiger partial charge in [0.05, 0.1) is 5.41 Å². The molecule has 5 heteroatoms. The minimum absolute atomic E-state index is 0.155. The number of rotatable bonds is 8. The van der Waals surface area contributed by atoms with Crippen LogP contribution < -0.4 is 14.2 Å². The van der Waals surface area contributed by atoms with Crippen molar-refractivity contribution in [2.45, 2.75) is 93.3 Å². The van der Waals surface area contributed by atoms with Gasteiger partial charge in [-0.25, -0.2) is 0 Å². The fourth-order valence-electron chi connectivity index (χ4n) is 3.27. The van der Waals surface area contributed by atoms with E-state index in [0.717, 1.165) is 29.7 Å². The van der Waals surface area contributed by atoms with Crippen molar-refractivity contribution in [3.63, 3.8) is 0 Å². The Kier molecular flexibility index (Phi) is 9.17. The average molecular weight is 495 g/mol. The van der Waals surface area contributed by atoms with E-state index in [2.05, 4.69) is 6.92 Å². The standard InChI is InChI=1S/C31H42O5/c1-11-12-22-19-23(27(36-31(8,9)10)20-26(22)35-30(5,6)7)15-18-25(32)21-13-16-24(17-14-21)34-28(33)29(2,3)4/h13-20H,11-12H2,1-10H3.